The van der Waals surface area contributed by atoms with Crippen molar-refractivity contribution >= 4 is 29.2 Å². The molecule has 138 valence electrons. The molecule has 2 N–H and O–H groups in total. The monoisotopic (exact) mass is 369 g/mol. The average Bonchev–Trinajstić information content (AvgIpc) is 2.64. The van der Waals surface area contributed by atoms with Crippen LogP contribution in [0, 0.1) is 11.7 Å². The molecule has 1 fully saturated rings. The highest BCUT2D eigenvalue weighted by Crippen LogP contribution is 2.27. The largest absolute Gasteiger partial charge is 0.497 e. The van der Waals surface area contributed by atoms with E-state index in [1.807, 2.05) is 0 Å². The van der Waals surface area contributed by atoms with Gasteiger partial charge in [0.1, 0.15) is 11.6 Å². The highest BCUT2D eigenvalue weighted by Gasteiger charge is 2.43. The highest BCUT2D eigenvalue weighted by atomic mass is 19.1. The van der Waals surface area contributed by atoms with Crippen molar-refractivity contribution in [2.24, 2.45) is 5.92 Å². The third-order valence-electron chi connectivity index (χ3n) is 4.01. The molecule has 1 saturated heterocycles. The zero-order valence-electron chi connectivity index (χ0n) is 14.4. The predicted molar refractivity (Wildman–Crippen MR) is 96.7 cm³/mol. The van der Waals surface area contributed by atoms with Crippen molar-refractivity contribution in [1.82, 2.24) is 5.32 Å². The third kappa shape index (κ3) is 3.50. The van der Waals surface area contributed by atoms with Crippen LogP contribution < -0.4 is 20.3 Å². The predicted octanol–water partition coefficient (Wildman–Crippen LogP) is 2.66. The van der Waals surface area contributed by atoms with Crippen LogP contribution in [-0.2, 0) is 9.59 Å². The van der Waals surface area contributed by atoms with Crippen molar-refractivity contribution in [2.75, 3.05) is 17.3 Å². The minimum absolute atomic E-state index is 0.0476. The lowest BCUT2D eigenvalue weighted by atomic mass is 10.0. The number of imide groups is 2. The average molecular weight is 369 g/mol. The molecular formula is C19H16FN3O4. The molecule has 0 radical (unpaired) electrons. The maximum absolute atomic E-state index is 13.8. The number of hydrogen-bond acceptors (Lipinski definition) is 5. The summed E-state index contributed by atoms with van der Waals surface area (Å²) in [5.74, 6) is -3.04. The van der Waals surface area contributed by atoms with E-state index in [9.17, 15) is 18.8 Å². The Labute approximate surface area is 154 Å². The smallest absolute Gasteiger partial charge is 0.335 e. The Hall–Kier alpha value is -3.68. The number of rotatable bonds is 5. The number of carbonyl (C=O) groups excluding carboxylic acids is 3. The highest BCUT2D eigenvalue weighted by molar-refractivity contribution is 6.28. The second-order valence-electron chi connectivity index (χ2n) is 5.73. The van der Waals surface area contributed by atoms with E-state index in [1.165, 1.54) is 37.4 Å². The van der Waals surface area contributed by atoms with Gasteiger partial charge in [-0.15, -0.1) is 0 Å². The molecule has 1 atom stereocenters. The summed E-state index contributed by atoms with van der Waals surface area (Å²) < 4.78 is 18.9. The molecule has 0 spiro atoms. The van der Waals surface area contributed by atoms with Crippen LogP contribution in [0.15, 0.2) is 60.8 Å². The topological polar surface area (TPSA) is 87.7 Å². The molecule has 4 amide bonds. The quantitative estimate of drug-likeness (QED) is 0.791. The van der Waals surface area contributed by atoms with E-state index in [0.717, 1.165) is 4.90 Å². The van der Waals surface area contributed by atoms with Gasteiger partial charge >= 0.3 is 6.03 Å². The maximum atomic E-state index is 13.8. The summed E-state index contributed by atoms with van der Waals surface area (Å²) in [4.78, 5) is 38.1. The normalized spacial score (nSPS) is 16.7. The maximum Gasteiger partial charge on any atom is 0.335 e. The lowest BCUT2D eigenvalue weighted by molar-refractivity contribution is -0.132. The number of methoxy groups -OCH3 is 1. The van der Waals surface area contributed by atoms with E-state index < -0.39 is 29.6 Å². The van der Waals surface area contributed by atoms with Gasteiger partial charge in [-0.2, -0.15) is 0 Å². The molecule has 0 aliphatic carbocycles. The van der Waals surface area contributed by atoms with E-state index in [-0.39, 0.29) is 17.1 Å². The molecule has 0 bridgehead atoms. The summed E-state index contributed by atoms with van der Waals surface area (Å²) >= 11 is 0. The Balaban J connectivity index is 1.87. The van der Waals surface area contributed by atoms with Gasteiger partial charge in [-0.3, -0.25) is 14.9 Å². The van der Waals surface area contributed by atoms with Gasteiger partial charge in [0.25, 0.3) is 5.91 Å². The van der Waals surface area contributed by atoms with Gasteiger partial charge in [-0.25, -0.2) is 14.1 Å². The van der Waals surface area contributed by atoms with E-state index in [0.29, 0.717) is 5.75 Å². The Morgan fingerprint density at radius 3 is 2.44 bits per heavy atom. The van der Waals surface area contributed by atoms with Gasteiger partial charge in [0, 0.05) is 5.70 Å². The number of barbiturate groups is 1. The van der Waals surface area contributed by atoms with E-state index in [4.69, 9.17) is 4.74 Å². The van der Waals surface area contributed by atoms with Crippen LogP contribution in [0.3, 0.4) is 0 Å². The number of hydrogen-bond donors (Lipinski definition) is 2. The zero-order valence-corrected chi connectivity index (χ0v) is 14.4. The van der Waals surface area contributed by atoms with Gasteiger partial charge in [0.2, 0.25) is 5.91 Å². The van der Waals surface area contributed by atoms with Crippen molar-refractivity contribution in [3.05, 3.63) is 66.6 Å². The number of carbonyl (C=O) groups is 3. The van der Waals surface area contributed by atoms with Crippen LogP contribution in [0.1, 0.15) is 0 Å². The summed E-state index contributed by atoms with van der Waals surface area (Å²) in [6.45, 7) is 3.68. The SMILES string of the molecule is C=C(Nc1ccccc1F)[C@H]1C(=O)NC(=O)N(c2ccc(OC)cc2)C1=O. The van der Waals surface area contributed by atoms with Crippen LogP contribution in [-0.4, -0.2) is 25.0 Å². The van der Waals surface area contributed by atoms with Crippen molar-refractivity contribution in [3.8, 4) is 5.75 Å². The fourth-order valence-electron chi connectivity index (χ4n) is 2.67. The first-order valence-corrected chi connectivity index (χ1v) is 7.95. The van der Waals surface area contributed by atoms with Gasteiger partial charge in [-0.1, -0.05) is 18.7 Å². The van der Waals surface area contributed by atoms with Crippen molar-refractivity contribution in [1.29, 1.82) is 0 Å². The van der Waals surface area contributed by atoms with Gasteiger partial charge < -0.3 is 10.1 Å². The van der Waals surface area contributed by atoms with E-state index >= 15 is 0 Å². The minimum Gasteiger partial charge on any atom is -0.497 e. The van der Waals surface area contributed by atoms with Crippen molar-refractivity contribution in [3.63, 3.8) is 0 Å². The van der Waals surface area contributed by atoms with Crippen molar-refractivity contribution in [2.45, 2.75) is 0 Å². The summed E-state index contributed by atoms with van der Waals surface area (Å²) in [5, 5.41) is 4.76. The van der Waals surface area contributed by atoms with Crippen LogP contribution in [0.5, 0.6) is 5.75 Å². The molecule has 2 aromatic carbocycles. The Kier molecular flexibility index (Phi) is 4.89. The fraction of sp³-hybridized carbons (Fsp3) is 0.105. The Bertz CT molecular complexity index is 927. The standard InChI is InChI=1S/C19H16FN3O4/c1-11(21-15-6-4-3-5-14(15)20)16-17(24)22-19(26)23(18(16)25)12-7-9-13(27-2)10-8-12/h3-10,16,21H,1H2,2H3,(H,22,24,26)/t16-/m0/s1. The first-order chi connectivity index (χ1) is 12.9. The molecule has 0 saturated carbocycles. The Morgan fingerprint density at radius 1 is 1.15 bits per heavy atom. The van der Waals surface area contributed by atoms with Crippen LogP contribution in [0.25, 0.3) is 0 Å². The summed E-state index contributed by atoms with van der Waals surface area (Å²) in [6.07, 6.45) is 0. The number of urea groups is 1. The lowest BCUT2D eigenvalue weighted by Gasteiger charge is -2.31. The molecule has 0 aromatic heterocycles. The first kappa shape index (κ1) is 18.1. The number of amides is 4. The zero-order chi connectivity index (χ0) is 19.6. The molecule has 1 aliphatic heterocycles. The summed E-state index contributed by atoms with van der Waals surface area (Å²) in [7, 11) is 1.49. The van der Waals surface area contributed by atoms with Gasteiger partial charge in [0.05, 0.1) is 18.5 Å². The van der Waals surface area contributed by atoms with Crippen LogP contribution >= 0.6 is 0 Å². The molecular weight excluding hydrogens is 353 g/mol. The molecule has 8 heteroatoms. The molecule has 7 nitrogen and oxygen atoms in total. The van der Waals surface area contributed by atoms with Gasteiger partial charge in [0.15, 0.2) is 5.92 Å². The fourth-order valence-corrected chi connectivity index (χ4v) is 2.67. The number of anilines is 2. The molecule has 2 aromatic rings. The number of halogens is 1. The number of nitrogens with one attached hydrogen (secondary N) is 2. The van der Waals surface area contributed by atoms with Crippen LogP contribution in [0.4, 0.5) is 20.6 Å². The van der Waals surface area contributed by atoms with Crippen LogP contribution in [0.2, 0.25) is 0 Å². The minimum atomic E-state index is -1.40. The van der Waals surface area contributed by atoms with Crippen molar-refractivity contribution < 1.29 is 23.5 Å². The Morgan fingerprint density at radius 2 is 1.81 bits per heavy atom. The molecule has 1 heterocycles. The number of ether oxygens (including phenoxy) is 1. The second kappa shape index (κ2) is 7.28. The molecule has 27 heavy (non-hydrogen) atoms. The van der Waals surface area contributed by atoms with Gasteiger partial charge in [-0.05, 0) is 36.4 Å². The molecule has 1 aliphatic rings. The molecule has 0 unspecified atom stereocenters. The second-order valence-corrected chi connectivity index (χ2v) is 5.73. The number of nitrogens with zero attached hydrogens (tertiary/aromatic N) is 1. The number of benzene rings is 2. The summed E-state index contributed by atoms with van der Waals surface area (Å²) in [6, 6.07) is 11.1. The third-order valence-corrected chi connectivity index (χ3v) is 4.01. The first-order valence-electron chi connectivity index (χ1n) is 7.95. The molecule has 3 rings (SSSR count). The number of para-hydroxylation sites is 1. The van der Waals surface area contributed by atoms with E-state index in [2.05, 4.69) is 17.2 Å². The summed E-state index contributed by atoms with van der Waals surface area (Å²) in [5.41, 5.74) is 0.277. The lowest BCUT2D eigenvalue weighted by Crippen LogP contribution is -2.59. The van der Waals surface area contributed by atoms with E-state index in [1.54, 1.807) is 18.2 Å².